The van der Waals surface area contributed by atoms with Gasteiger partial charge < -0.3 is 14.6 Å². The van der Waals surface area contributed by atoms with Crippen LogP contribution < -0.4 is 15.0 Å². The Bertz CT molecular complexity index is 1810. The number of aromatic nitrogens is 4. The normalized spacial score (nSPS) is 23.0. The van der Waals surface area contributed by atoms with Crippen molar-refractivity contribution in [3.63, 3.8) is 0 Å². The van der Waals surface area contributed by atoms with Gasteiger partial charge >= 0.3 is 6.09 Å². The van der Waals surface area contributed by atoms with Crippen molar-refractivity contribution in [2.45, 2.75) is 51.2 Å². The summed E-state index contributed by atoms with van der Waals surface area (Å²) in [6.45, 7) is 5.21. The smallest absolute Gasteiger partial charge is 0.388 e. The van der Waals surface area contributed by atoms with Crippen LogP contribution in [0.1, 0.15) is 33.4 Å². The van der Waals surface area contributed by atoms with Crippen LogP contribution in [0.4, 0.5) is 22.1 Å². The molecule has 2 aliphatic heterocycles. The van der Waals surface area contributed by atoms with Gasteiger partial charge in [0.1, 0.15) is 11.7 Å². The van der Waals surface area contributed by atoms with Gasteiger partial charge in [0.05, 0.1) is 30.0 Å². The van der Waals surface area contributed by atoms with Crippen LogP contribution >= 0.6 is 0 Å². The van der Waals surface area contributed by atoms with Crippen molar-refractivity contribution in [1.29, 1.82) is 0 Å². The minimum absolute atomic E-state index is 0.000351. The van der Waals surface area contributed by atoms with Crippen LogP contribution in [0.2, 0.25) is 0 Å². The Hall–Kier alpha value is -4.44. The molecular weight excluding hydrogens is 602 g/mol. The van der Waals surface area contributed by atoms with Gasteiger partial charge in [-0.3, -0.25) is 14.7 Å². The van der Waals surface area contributed by atoms with E-state index in [2.05, 4.69) is 20.3 Å². The number of hydrogen-bond donors (Lipinski definition) is 2. The number of aliphatic hydroxyl groups is 1. The summed E-state index contributed by atoms with van der Waals surface area (Å²) in [5.74, 6) is -1.20. The molecule has 2 bridgehead atoms. The molecule has 2 aromatic heterocycles. The highest BCUT2D eigenvalue weighted by Crippen LogP contribution is 2.50. The number of carbonyl (C=O) groups is 2. The number of ether oxygens (including phenoxy) is 2. The molecule has 2 fully saturated rings. The molecule has 236 valence electrons. The molecule has 4 heterocycles. The molecule has 45 heavy (non-hydrogen) atoms. The van der Waals surface area contributed by atoms with Crippen LogP contribution in [0.3, 0.4) is 0 Å². The summed E-state index contributed by atoms with van der Waals surface area (Å²) in [5.41, 5.74) is 0.0882. The van der Waals surface area contributed by atoms with E-state index in [-0.39, 0.29) is 35.4 Å². The summed E-state index contributed by atoms with van der Waals surface area (Å²) >= 11 is 0. The van der Waals surface area contributed by atoms with Gasteiger partial charge in [0.25, 0.3) is 5.88 Å². The molecule has 2 N–H and O–H groups in total. The van der Waals surface area contributed by atoms with E-state index in [1.54, 1.807) is 62.4 Å². The van der Waals surface area contributed by atoms with Gasteiger partial charge in [-0.15, -0.1) is 0 Å². The monoisotopic (exact) mass is 635 g/mol. The summed E-state index contributed by atoms with van der Waals surface area (Å²) < 4.78 is 40.3. The van der Waals surface area contributed by atoms with Crippen molar-refractivity contribution >= 4 is 50.5 Å². The molecular formula is C30H33N7O7S. The second kappa shape index (κ2) is 11.5. The topological polar surface area (TPSA) is 169 Å². The fourth-order valence-electron chi connectivity index (χ4n) is 5.71. The van der Waals surface area contributed by atoms with Crippen molar-refractivity contribution < 1.29 is 32.6 Å². The lowest BCUT2D eigenvalue weighted by atomic mass is 9.96. The number of morpholine rings is 1. The number of amides is 2. The van der Waals surface area contributed by atoms with Crippen molar-refractivity contribution in [2.24, 2.45) is 5.92 Å². The van der Waals surface area contributed by atoms with E-state index in [9.17, 15) is 23.1 Å². The van der Waals surface area contributed by atoms with Crippen LogP contribution in [0.15, 0.2) is 67.0 Å². The Morgan fingerprint density at radius 2 is 1.73 bits per heavy atom. The lowest BCUT2D eigenvalue weighted by Gasteiger charge is -2.35. The zero-order valence-corrected chi connectivity index (χ0v) is 25.9. The third-order valence-corrected chi connectivity index (χ3v) is 9.33. The molecule has 0 aliphatic carbocycles. The molecule has 6 rings (SSSR count). The van der Waals surface area contributed by atoms with Gasteiger partial charge in [-0.2, -0.15) is 14.3 Å². The van der Waals surface area contributed by atoms with Gasteiger partial charge in [-0.1, -0.05) is 57.2 Å². The molecule has 2 saturated heterocycles. The lowest BCUT2D eigenvalue weighted by molar-refractivity contribution is -0.123. The number of para-hydroxylation sites is 2. The lowest BCUT2D eigenvalue weighted by Crippen LogP contribution is -2.47. The fraction of sp³-hybridized carbons (Fsp3) is 0.367. The zero-order chi connectivity index (χ0) is 32.1. The number of benzene rings is 2. The first-order chi connectivity index (χ1) is 21.4. The van der Waals surface area contributed by atoms with E-state index in [4.69, 9.17) is 9.47 Å². The third kappa shape index (κ3) is 5.41. The molecule has 0 spiro atoms. The molecule has 2 aromatic carbocycles. The highest BCUT2D eigenvalue weighted by Gasteiger charge is 2.65. The van der Waals surface area contributed by atoms with Crippen LogP contribution in [0, 0.1) is 5.92 Å². The molecule has 15 heteroatoms. The number of sulfonamides is 1. The first-order valence-corrected chi connectivity index (χ1v) is 16.3. The quantitative estimate of drug-likeness (QED) is 0.293. The molecule has 0 saturated carbocycles. The summed E-state index contributed by atoms with van der Waals surface area (Å²) in [6.07, 6.45) is -0.157. The maximum Gasteiger partial charge on any atom is 0.425 e. The first-order valence-electron chi connectivity index (χ1n) is 14.4. The van der Waals surface area contributed by atoms with Crippen molar-refractivity contribution in [3.05, 3.63) is 67.0 Å². The van der Waals surface area contributed by atoms with E-state index in [1.165, 1.54) is 20.1 Å². The molecule has 0 unspecified atom stereocenters. The van der Waals surface area contributed by atoms with E-state index in [0.717, 1.165) is 6.26 Å². The zero-order valence-electron chi connectivity index (χ0n) is 25.1. The molecule has 0 radical (unpaired) electrons. The number of anilines is 3. The number of nitrogens with zero attached hydrogens (tertiary/aromatic N) is 6. The summed E-state index contributed by atoms with van der Waals surface area (Å²) in [7, 11) is -3.72. The summed E-state index contributed by atoms with van der Waals surface area (Å²) in [6, 6.07) is 16.8. The Balaban J connectivity index is 1.45. The number of fused-ring (bicyclic) bond motifs is 3. The Labute approximate surface area is 259 Å². The Morgan fingerprint density at radius 1 is 1.11 bits per heavy atom. The number of aliphatic hydroxyl groups excluding tert-OH is 1. The largest absolute Gasteiger partial charge is 0.425 e. The van der Waals surface area contributed by atoms with Crippen molar-refractivity contribution in [1.82, 2.24) is 23.8 Å². The summed E-state index contributed by atoms with van der Waals surface area (Å²) in [5, 5.41) is 13.8. The number of hydrogen-bond acceptors (Lipinski definition) is 10. The fourth-order valence-corrected chi connectivity index (χ4v) is 6.83. The first kappa shape index (κ1) is 30.6. The van der Waals surface area contributed by atoms with Crippen molar-refractivity contribution in [2.75, 3.05) is 23.0 Å². The van der Waals surface area contributed by atoms with Crippen molar-refractivity contribution in [3.8, 4) is 5.88 Å². The second-order valence-corrected chi connectivity index (χ2v) is 13.3. The van der Waals surface area contributed by atoms with Gasteiger partial charge in [-0.25, -0.2) is 23.1 Å². The number of nitrogens with one attached hydrogen (secondary N) is 1. The van der Waals surface area contributed by atoms with Gasteiger partial charge in [0.15, 0.2) is 17.4 Å². The maximum atomic E-state index is 13.8. The molecule has 2 amide bonds. The molecule has 14 nitrogen and oxygen atoms in total. The van der Waals surface area contributed by atoms with E-state index in [1.807, 2.05) is 19.1 Å². The molecule has 2 aliphatic rings. The third-order valence-electron chi connectivity index (χ3n) is 8.11. The van der Waals surface area contributed by atoms with E-state index in [0.29, 0.717) is 17.8 Å². The predicted octanol–water partition coefficient (Wildman–Crippen LogP) is 3.44. The Morgan fingerprint density at radius 3 is 2.27 bits per heavy atom. The second-order valence-electron chi connectivity index (χ2n) is 11.4. The highest BCUT2D eigenvalue weighted by atomic mass is 32.2. The minimum atomic E-state index is -3.72. The maximum absolute atomic E-state index is 13.8. The predicted molar refractivity (Wildman–Crippen MR) is 164 cm³/mol. The van der Waals surface area contributed by atoms with E-state index >= 15 is 0 Å². The Kier molecular flexibility index (Phi) is 7.81. The minimum Gasteiger partial charge on any atom is -0.388 e. The molecule has 4 atom stereocenters. The standard InChI is InChI=1S/C30H33N7O7S/c1-5-30-16-36(45(4,41)42)22(23(30)38)27(44-30)35-17-31-21-24(35)32-28(33-25(39)18(2)3)34-26(21)43-29(40)37(19-12-8-6-9-13-19)20-14-10-7-11-15-20/h6-15,17-18,22-23,27,38H,5,16H2,1-4H3,(H,32,33,34,39)/t22-,23+,27-,30+/m1/s1. The van der Waals surface area contributed by atoms with Crippen LogP contribution in [-0.2, 0) is 19.6 Å². The number of imidazole rings is 1. The van der Waals surface area contributed by atoms with E-state index < -0.39 is 46.0 Å². The highest BCUT2D eigenvalue weighted by molar-refractivity contribution is 7.88. The van der Waals surface area contributed by atoms with Crippen LogP contribution in [0.5, 0.6) is 5.88 Å². The van der Waals surface area contributed by atoms with Gasteiger partial charge in [-0.05, 0) is 30.7 Å². The number of rotatable bonds is 8. The average molecular weight is 636 g/mol. The number of carbonyl (C=O) groups excluding carboxylic acids is 2. The molecule has 4 aromatic rings. The van der Waals surface area contributed by atoms with Crippen LogP contribution in [-0.4, -0.2) is 79.9 Å². The average Bonchev–Trinajstić information content (AvgIpc) is 3.66. The van der Waals surface area contributed by atoms with Gasteiger partial charge in [0, 0.05) is 12.5 Å². The van der Waals surface area contributed by atoms with Crippen LogP contribution in [0.25, 0.3) is 11.2 Å². The SMILES string of the molecule is CC[C@@]12CN(S(C)(=O)=O)[C@@H]([C@H](n3cnc4c(OC(=O)N(c5ccccc5)c5ccccc5)nc(NC(=O)C(C)C)nc43)O1)[C@@H]2O. The summed E-state index contributed by atoms with van der Waals surface area (Å²) in [4.78, 5) is 41.1. The van der Waals surface area contributed by atoms with Gasteiger partial charge in [0.2, 0.25) is 21.9 Å².